The van der Waals surface area contributed by atoms with Crippen LogP contribution in [-0.2, 0) is 5.41 Å². The molecule has 2 unspecified atom stereocenters. The van der Waals surface area contributed by atoms with Gasteiger partial charge < -0.3 is 9.47 Å². The van der Waals surface area contributed by atoms with Gasteiger partial charge in [0.1, 0.15) is 11.5 Å². The van der Waals surface area contributed by atoms with Crippen molar-refractivity contribution in [3.05, 3.63) is 94.0 Å². The minimum atomic E-state index is -0.518. The molecule has 4 heteroatoms. The second-order valence-corrected chi connectivity index (χ2v) is 11.3. The van der Waals surface area contributed by atoms with E-state index in [0.717, 1.165) is 36.1 Å². The Labute approximate surface area is 221 Å². The predicted octanol–water partition coefficient (Wildman–Crippen LogP) is 7.87. The van der Waals surface area contributed by atoms with Crippen molar-refractivity contribution in [2.75, 3.05) is 7.11 Å². The molecule has 0 aromatic heterocycles. The number of carbonyl (C=O) groups is 2. The third kappa shape index (κ3) is 5.07. The van der Waals surface area contributed by atoms with Crippen molar-refractivity contribution >= 4 is 11.8 Å². The fraction of sp³-hybridized carbons (Fsp3) is 0.394. The van der Waals surface area contributed by atoms with Crippen LogP contribution in [0, 0.1) is 25.2 Å². The molecule has 4 nitrogen and oxygen atoms in total. The number of aryl methyl sites for hydroxylation is 2. The Bertz CT molecular complexity index is 1340. The summed E-state index contributed by atoms with van der Waals surface area (Å²) in [5.41, 5.74) is 5.35. The van der Waals surface area contributed by atoms with Crippen LogP contribution >= 0.6 is 0 Å². The van der Waals surface area contributed by atoms with Crippen LogP contribution in [0.1, 0.15) is 89.9 Å². The van der Waals surface area contributed by atoms with Gasteiger partial charge in [-0.2, -0.15) is 0 Å². The van der Waals surface area contributed by atoms with E-state index in [1.807, 2.05) is 13.0 Å². The molecule has 0 saturated heterocycles. The summed E-state index contributed by atoms with van der Waals surface area (Å²) in [6.07, 6.45) is 3.20. The summed E-state index contributed by atoms with van der Waals surface area (Å²) in [6, 6.07) is 19.5. The molecule has 37 heavy (non-hydrogen) atoms. The highest BCUT2D eigenvalue weighted by Gasteiger charge is 2.45. The fourth-order valence-corrected chi connectivity index (χ4v) is 5.73. The molecule has 0 bridgehead atoms. The monoisotopic (exact) mass is 498 g/mol. The SMILES string of the molecule is COc1ccc(C2(c3ccc(OC(=O)c4ccccc4C(C)=O)c(C)c3)CCC(C)(C)C(C)C2)cc1C. The molecule has 1 aliphatic rings. The molecule has 0 radical (unpaired) electrons. The van der Waals surface area contributed by atoms with E-state index < -0.39 is 5.97 Å². The zero-order valence-corrected chi connectivity index (χ0v) is 23.1. The number of Topliss-reactive ketones (excluding diaryl/α,β-unsaturated/α-hetero) is 1. The van der Waals surface area contributed by atoms with Gasteiger partial charge in [-0.05, 0) is 91.8 Å². The smallest absolute Gasteiger partial charge is 0.344 e. The summed E-state index contributed by atoms with van der Waals surface area (Å²) in [5.74, 6) is 1.26. The largest absolute Gasteiger partial charge is 0.496 e. The second-order valence-electron chi connectivity index (χ2n) is 11.3. The standard InChI is InChI=1S/C33H38O4/c1-21-18-25(12-14-29(21)36-7)33(17-16-32(5,6)23(3)20-33)26-13-15-30(22(2)19-26)37-31(35)28-11-9-8-10-27(28)24(4)34/h8-15,18-19,23H,16-17,20H2,1-7H3. The van der Waals surface area contributed by atoms with Crippen molar-refractivity contribution in [2.24, 2.45) is 11.3 Å². The van der Waals surface area contributed by atoms with Gasteiger partial charge >= 0.3 is 5.97 Å². The maximum atomic E-state index is 13.0. The molecule has 194 valence electrons. The summed E-state index contributed by atoms with van der Waals surface area (Å²) < 4.78 is 11.3. The van der Waals surface area contributed by atoms with Gasteiger partial charge in [0.15, 0.2) is 5.78 Å². The van der Waals surface area contributed by atoms with E-state index in [1.165, 1.54) is 18.1 Å². The molecule has 1 aliphatic carbocycles. The van der Waals surface area contributed by atoms with E-state index in [-0.39, 0.29) is 22.2 Å². The zero-order chi connectivity index (χ0) is 27.0. The number of methoxy groups -OCH3 is 1. The molecule has 0 amide bonds. The highest BCUT2D eigenvalue weighted by atomic mass is 16.5. The van der Waals surface area contributed by atoms with E-state index in [0.29, 0.717) is 17.2 Å². The molecular formula is C33H38O4. The molecule has 1 fully saturated rings. The predicted molar refractivity (Wildman–Crippen MR) is 148 cm³/mol. The van der Waals surface area contributed by atoms with Gasteiger partial charge in [-0.25, -0.2) is 4.79 Å². The molecule has 0 N–H and O–H groups in total. The molecule has 1 saturated carbocycles. The highest BCUT2D eigenvalue weighted by molar-refractivity contribution is 6.05. The first-order valence-electron chi connectivity index (χ1n) is 13.1. The van der Waals surface area contributed by atoms with Crippen molar-refractivity contribution in [1.29, 1.82) is 0 Å². The number of hydrogen-bond donors (Lipinski definition) is 0. The normalized spacial score (nSPS) is 20.8. The molecule has 0 spiro atoms. The molecule has 0 heterocycles. The average molecular weight is 499 g/mol. The van der Waals surface area contributed by atoms with Gasteiger partial charge in [0.2, 0.25) is 0 Å². The van der Waals surface area contributed by atoms with E-state index in [9.17, 15) is 9.59 Å². The van der Waals surface area contributed by atoms with E-state index in [4.69, 9.17) is 9.47 Å². The van der Waals surface area contributed by atoms with Gasteiger partial charge in [0.25, 0.3) is 0 Å². The van der Waals surface area contributed by atoms with Gasteiger partial charge in [0, 0.05) is 11.0 Å². The lowest BCUT2D eigenvalue weighted by Crippen LogP contribution is -2.41. The number of esters is 1. The van der Waals surface area contributed by atoms with Crippen molar-refractivity contribution < 1.29 is 19.1 Å². The third-order valence-corrected chi connectivity index (χ3v) is 8.59. The van der Waals surface area contributed by atoms with Crippen molar-refractivity contribution in [1.82, 2.24) is 0 Å². The van der Waals surface area contributed by atoms with E-state index in [1.54, 1.807) is 31.4 Å². The van der Waals surface area contributed by atoms with Crippen molar-refractivity contribution in [2.45, 2.75) is 66.2 Å². The van der Waals surface area contributed by atoms with Gasteiger partial charge in [-0.3, -0.25) is 4.79 Å². The van der Waals surface area contributed by atoms with Crippen LogP contribution in [-0.4, -0.2) is 18.9 Å². The van der Waals surface area contributed by atoms with Gasteiger partial charge in [0.05, 0.1) is 12.7 Å². The Kier molecular flexibility index (Phi) is 7.32. The average Bonchev–Trinajstić information content (AvgIpc) is 2.87. The maximum absolute atomic E-state index is 13.0. The Morgan fingerprint density at radius 2 is 1.41 bits per heavy atom. The summed E-state index contributed by atoms with van der Waals surface area (Å²) in [6.45, 7) is 12.6. The van der Waals surface area contributed by atoms with E-state index in [2.05, 4.69) is 58.0 Å². The Hall–Kier alpha value is -3.40. The first-order chi connectivity index (χ1) is 17.5. The fourth-order valence-electron chi connectivity index (χ4n) is 5.73. The first-order valence-corrected chi connectivity index (χ1v) is 13.1. The number of ether oxygens (including phenoxy) is 2. The number of benzene rings is 3. The number of carbonyl (C=O) groups excluding carboxylic acids is 2. The Morgan fingerprint density at radius 3 is 1.92 bits per heavy atom. The summed E-state index contributed by atoms with van der Waals surface area (Å²) in [5, 5.41) is 0. The Morgan fingerprint density at radius 1 is 0.838 bits per heavy atom. The summed E-state index contributed by atoms with van der Waals surface area (Å²) in [7, 11) is 1.71. The first kappa shape index (κ1) is 26.7. The minimum Gasteiger partial charge on any atom is -0.496 e. The third-order valence-electron chi connectivity index (χ3n) is 8.59. The van der Waals surface area contributed by atoms with Gasteiger partial charge in [-0.15, -0.1) is 0 Å². The quantitative estimate of drug-likeness (QED) is 0.197. The number of hydrogen-bond acceptors (Lipinski definition) is 4. The van der Waals surface area contributed by atoms with Gasteiger partial charge in [-0.1, -0.05) is 63.2 Å². The van der Waals surface area contributed by atoms with Crippen LogP contribution in [0.3, 0.4) is 0 Å². The highest BCUT2D eigenvalue weighted by Crippen LogP contribution is 2.53. The maximum Gasteiger partial charge on any atom is 0.344 e. The Balaban J connectivity index is 1.73. The lowest BCUT2D eigenvalue weighted by atomic mass is 9.55. The van der Waals surface area contributed by atoms with Crippen LogP contribution in [0.15, 0.2) is 60.7 Å². The lowest BCUT2D eigenvalue weighted by Gasteiger charge is -2.49. The molecule has 0 aliphatic heterocycles. The van der Waals surface area contributed by atoms with Crippen LogP contribution < -0.4 is 9.47 Å². The summed E-state index contributed by atoms with van der Waals surface area (Å²) >= 11 is 0. The number of ketones is 1. The second kappa shape index (κ2) is 10.2. The lowest BCUT2D eigenvalue weighted by molar-refractivity contribution is 0.0728. The zero-order valence-electron chi connectivity index (χ0n) is 23.1. The van der Waals surface area contributed by atoms with Crippen molar-refractivity contribution in [3.8, 4) is 11.5 Å². The topological polar surface area (TPSA) is 52.6 Å². The minimum absolute atomic E-state index is 0.138. The number of rotatable bonds is 6. The van der Waals surface area contributed by atoms with E-state index >= 15 is 0 Å². The van der Waals surface area contributed by atoms with Crippen LogP contribution in [0.25, 0.3) is 0 Å². The molecule has 2 atom stereocenters. The van der Waals surface area contributed by atoms with Crippen LogP contribution in [0.5, 0.6) is 11.5 Å². The molecule has 4 rings (SSSR count). The summed E-state index contributed by atoms with van der Waals surface area (Å²) in [4.78, 5) is 25.0. The van der Waals surface area contributed by atoms with Crippen molar-refractivity contribution in [3.63, 3.8) is 0 Å². The molecular weight excluding hydrogens is 460 g/mol. The van der Waals surface area contributed by atoms with Crippen LogP contribution in [0.2, 0.25) is 0 Å². The molecule has 3 aromatic rings. The van der Waals surface area contributed by atoms with Crippen LogP contribution in [0.4, 0.5) is 0 Å². The molecule has 3 aromatic carbocycles.